The van der Waals surface area contributed by atoms with Gasteiger partial charge in [-0.1, -0.05) is 46.3 Å². The minimum absolute atomic E-state index is 0.148. The van der Waals surface area contributed by atoms with E-state index >= 15 is 0 Å². The molecule has 0 unspecified atom stereocenters. The third-order valence-electron chi connectivity index (χ3n) is 5.58. The number of carbonyl (C=O) groups is 3. The lowest BCUT2D eigenvalue weighted by atomic mass is 10.0. The summed E-state index contributed by atoms with van der Waals surface area (Å²) >= 11 is 3.40. The van der Waals surface area contributed by atoms with Crippen molar-refractivity contribution in [2.24, 2.45) is 0 Å². The summed E-state index contributed by atoms with van der Waals surface area (Å²) < 4.78 is 11.7. The summed E-state index contributed by atoms with van der Waals surface area (Å²) in [4.78, 5) is 39.9. The summed E-state index contributed by atoms with van der Waals surface area (Å²) in [6.45, 7) is 3.49. The molecule has 0 radical (unpaired) electrons. The largest absolute Gasteiger partial charge is 0.484 e. The summed E-state index contributed by atoms with van der Waals surface area (Å²) in [6, 6.07) is 23.3. The Hall–Kier alpha value is -4.17. The van der Waals surface area contributed by atoms with Crippen LogP contribution in [0.2, 0.25) is 0 Å². The number of nitrogens with zero attached hydrogens (tertiary/aromatic N) is 1. The highest BCUT2D eigenvalue weighted by Crippen LogP contribution is 2.36. The number of rotatable bonds is 8. The van der Waals surface area contributed by atoms with Crippen LogP contribution in [0.25, 0.3) is 6.08 Å². The molecular weight excluding hydrogens is 536 g/mol. The number of benzene rings is 3. The van der Waals surface area contributed by atoms with Gasteiger partial charge in [-0.3, -0.25) is 14.5 Å². The van der Waals surface area contributed by atoms with E-state index in [2.05, 4.69) is 21.2 Å². The van der Waals surface area contributed by atoms with Gasteiger partial charge in [-0.15, -0.1) is 0 Å². The monoisotopic (exact) mass is 560 g/mol. The summed E-state index contributed by atoms with van der Waals surface area (Å²) in [6.07, 6.45) is 1.66. The van der Waals surface area contributed by atoms with E-state index in [4.69, 9.17) is 9.47 Å². The first-order chi connectivity index (χ1) is 17.9. The van der Waals surface area contributed by atoms with Gasteiger partial charge >= 0.3 is 5.97 Å². The normalized spacial score (nSPS) is 14.2. The molecule has 1 aliphatic heterocycles. The number of allylic oxidation sites excluding steroid dienone is 1. The SMILES string of the molecule is CCOC(=O)C1=C(C)N(c2ccc(Br)cc2)C(=O)/C1=C\c1ccc(OCC(=O)Nc2ccccc2)cc1. The number of carbonyl (C=O) groups excluding carboxylic acids is 3. The van der Waals surface area contributed by atoms with Crippen molar-refractivity contribution in [3.63, 3.8) is 0 Å². The average molecular weight is 561 g/mol. The Balaban J connectivity index is 1.52. The molecular formula is C29H25BrN2O5. The Morgan fingerprint density at radius 1 is 0.973 bits per heavy atom. The van der Waals surface area contributed by atoms with Gasteiger partial charge in [0.1, 0.15) is 5.75 Å². The Morgan fingerprint density at radius 3 is 2.30 bits per heavy atom. The topological polar surface area (TPSA) is 84.9 Å². The van der Waals surface area contributed by atoms with Crippen LogP contribution in [-0.4, -0.2) is 31.0 Å². The van der Waals surface area contributed by atoms with Crippen LogP contribution in [0, 0.1) is 0 Å². The third kappa shape index (κ3) is 6.16. The van der Waals surface area contributed by atoms with E-state index in [9.17, 15) is 14.4 Å². The summed E-state index contributed by atoms with van der Waals surface area (Å²) in [7, 11) is 0. The van der Waals surface area contributed by atoms with Crippen LogP contribution in [0.4, 0.5) is 11.4 Å². The number of esters is 1. The second-order valence-electron chi connectivity index (χ2n) is 8.13. The molecule has 0 fully saturated rings. The molecule has 1 N–H and O–H groups in total. The molecule has 3 aromatic rings. The molecule has 0 saturated carbocycles. The third-order valence-corrected chi connectivity index (χ3v) is 6.11. The maximum Gasteiger partial charge on any atom is 0.340 e. The Morgan fingerprint density at radius 2 is 1.65 bits per heavy atom. The van der Waals surface area contributed by atoms with Gasteiger partial charge in [0.05, 0.1) is 17.8 Å². The van der Waals surface area contributed by atoms with Gasteiger partial charge in [-0.05, 0) is 74.0 Å². The van der Waals surface area contributed by atoms with E-state index in [0.717, 1.165) is 4.47 Å². The number of ether oxygens (including phenoxy) is 2. The molecule has 8 heteroatoms. The Bertz CT molecular complexity index is 1360. The van der Waals surface area contributed by atoms with E-state index in [0.29, 0.717) is 28.4 Å². The minimum Gasteiger partial charge on any atom is -0.484 e. The van der Waals surface area contributed by atoms with Crippen molar-refractivity contribution < 1.29 is 23.9 Å². The zero-order valence-electron chi connectivity index (χ0n) is 20.4. The number of hydrogen-bond donors (Lipinski definition) is 1. The van der Waals surface area contributed by atoms with Crippen LogP contribution in [-0.2, 0) is 19.1 Å². The van der Waals surface area contributed by atoms with Crippen molar-refractivity contribution in [2.75, 3.05) is 23.4 Å². The Labute approximate surface area is 223 Å². The van der Waals surface area contributed by atoms with Gasteiger partial charge in [0.2, 0.25) is 0 Å². The zero-order chi connectivity index (χ0) is 26.4. The van der Waals surface area contributed by atoms with Gasteiger partial charge in [0, 0.05) is 21.5 Å². The lowest BCUT2D eigenvalue weighted by Gasteiger charge is -2.18. The summed E-state index contributed by atoms with van der Waals surface area (Å²) in [5.74, 6) is -0.650. The van der Waals surface area contributed by atoms with Gasteiger partial charge < -0.3 is 14.8 Å². The van der Waals surface area contributed by atoms with Crippen molar-refractivity contribution in [3.8, 4) is 5.75 Å². The molecule has 7 nitrogen and oxygen atoms in total. The number of para-hydroxylation sites is 1. The smallest absolute Gasteiger partial charge is 0.340 e. The molecule has 0 saturated heterocycles. The van der Waals surface area contributed by atoms with Crippen molar-refractivity contribution in [2.45, 2.75) is 13.8 Å². The number of amides is 2. The summed E-state index contributed by atoms with van der Waals surface area (Å²) in [5, 5.41) is 2.76. The molecule has 188 valence electrons. The van der Waals surface area contributed by atoms with E-state index in [-0.39, 0.29) is 36.2 Å². The number of halogens is 1. The van der Waals surface area contributed by atoms with Crippen LogP contribution in [0.5, 0.6) is 5.75 Å². The predicted octanol–water partition coefficient (Wildman–Crippen LogP) is 5.73. The van der Waals surface area contributed by atoms with Crippen LogP contribution >= 0.6 is 15.9 Å². The maximum absolute atomic E-state index is 13.4. The lowest BCUT2D eigenvalue weighted by Crippen LogP contribution is -2.24. The molecule has 4 rings (SSSR count). The van der Waals surface area contributed by atoms with Crippen molar-refractivity contribution in [1.29, 1.82) is 0 Å². The van der Waals surface area contributed by atoms with Gasteiger partial charge in [0.15, 0.2) is 6.61 Å². The average Bonchev–Trinajstić information content (AvgIpc) is 3.14. The number of nitrogens with one attached hydrogen (secondary N) is 1. The first-order valence-corrected chi connectivity index (χ1v) is 12.4. The van der Waals surface area contributed by atoms with Crippen molar-refractivity contribution in [3.05, 3.63) is 106 Å². The molecule has 37 heavy (non-hydrogen) atoms. The molecule has 1 aliphatic rings. The molecule has 1 heterocycles. The van der Waals surface area contributed by atoms with E-state index in [1.807, 2.05) is 30.3 Å². The summed E-state index contributed by atoms with van der Waals surface area (Å²) in [5.41, 5.74) is 3.01. The second kappa shape index (κ2) is 11.7. The lowest BCUT2D eigenvalue weighted by molar-refractivity contribution is -0.138. The molecule has 2 amide bonds. The molecule has 0 bridgehead atoms. The fraction of sp³-hybridized carbons (Fsp3) is 0.138. The standard InChI is InChI=1S/C29H25BrN2O5/c1-3-36-29(35)27-19(2)32(23-13-11-21(30)12-14-23)28(34)25(27)17-20-9-15-24(16-10-20)37-18-26(33)31-22-7-5-4-6-8-22/h4-17H,3,18H2,1-2H3,(H,31,33)/b25-17-. The highest BCUT2D eigenvalue weighted by Gasteiger charge is 2.38. The quantitative estimate of drug-likeness (QED) is 0.281. The van der Waals surface area contributed by atoms with Crippen molar-refractivity contribution >= 4 is 51.2 Å². The predicted molar refractivity (Wildman–Crippen MR) is 146 cm³/mol. The fourth-order valence-corrected chi connectivity index (χ4v) is 4.14. The van der Waals surface area contributed by atoms with Crippen LogP contribution in [0.1, 0.15) is 19.4 Å². The van der Waals surface area contributed by atoms with Crippen LogP contribution in [0.15, 0.2) is 100 Å². The highest BCUT2D eigenvalue weighted by molar-refractivity contribution is 9.10. The number of anilines is 2. The fourth-order valence-electron chi connectivity index (χ4n) is 3.88. The number of hydrogen-bond acceptors (Lipinski definition) is 5. The maximum atomic E-state index is 13.4. The van der Waals surface area contributed by atoms with E-state index in [1.165, 1.54) is 4.90 Å². The highest BCUT2D eigenvalue weighted by atomic mass is 79.9. The van der Waals surface area contributed by atoms with Crippen molar-refractivity contribution in [1.82, 2.24) is 0 Å². The van der Waals surface area contributed by atoms with Crippen LogP contribution in [0.3, 0.4) is 0 Å². The molecule has 0 aliphatic carbocycles. The first kappa shape index (κ1) is 25.9. The van der Waals surface area contributed by atoms with Gasteiger partial charge in [0.25, 0.3) is 11.8 Å². The molecule has 0 aromatic heterocycles. The minimum atomic E-state index is -0.552. The second-order valence-corrected chi connectivity index (χ2v) is 9.04. The van der Waals surface area contributed by atoms with E-state index < -0.39 is 5.97 Å². The van der Waals surface area contributed by atoms with E-state index in [1.54, 1.807) is 68.5 Å². The zero-order valence-corrected chi connectivity index (χ0v) is 21.9. The van der Waals surface area contributed by atoms with Gasteiger partial charge in [-0.25, -0.2) is 4.79 Å². The molecule has 0 atom stereocenters. The van der Waals surface area contributed by atoms with Crippen LogP contribution < -0.4 is 15.0 Å². The van der Waals surface area contributed by atoms with Gasteiger partial charge in [-0.2, -0.15) is 0 Å². The molecule has 3 aromatic carbocycles. The molecule has 0 spiro atoms. The first-order valence-electron chi connectivity index (χ1n) is 11.6. The Kier molecular flexibility index (Phi) is 8.20.